The van der Waals surface area contributed by atoms with E-state index in [0.29, 0.717) is 51.6 Å². The molecule has 2 saturated heterocycles. The number of ether oxygens (including phenoxy) is 4. The Kier molecular flexibility index (Phi) is 9.96. The van der Waals surface area contributed by atoms with Crippen molar-refractivity contribution in [2.24, 2.45) is 11.7 Å². The first-order valence-electron chi connectivity index (χ1n) is 15.3. The van der Waals surface area contributed by atoms with Crippen LogP contribution in [0.4, 0.5) is 0 Å². The standard InChI is InChI=1S/C35H41Cl2N3O6/c1-6-35(24-13-15-39-20-24)31(21-7-12-26(36)27(37)17-21)34(33(38)42,23-8-10-25(43-2)11-9-23)14-16-40(35)32(41)22-18-28(44-3)30(46-5)29(19-22)45-4/h7-12,17-19,24,31,39H,6,13-16,20H2,1-5H3,(H2,38,42). The Bertz CT molecular complexity index is 1570. The van der Waals surface area contributed by atoms with Gasteiger partial charge >= 0.3 is 0 Å². The van der Waals surface area contributed by atoms with Crippen molar-refractivity contribution in [1.29, 1.82) is 0 Å². The van der Waals surface area contributed by atoms with Gasteiger partial charge in [-0.15, -0.1) is 0 Å². The fraction of sp³-hybridized carbons (Fsp3) is 0.429. The number of likely N-dealkylation sites (tertiary alicyclic amines) is 1. The third-order valence-corrected chi connectivity index (χ3v) is 10.8. The molecule has 2 aliphatic rings. The molecule has 3 N–H and O–H groups in total. The quantitative estimate of drug-likeness (QED) is 0.279. The van der Waals surface area contributed by atoms with Gasteiger partial charge in [0.15, 0.2) is 11.5 Å². The molecule has 3 aromatic carbocycles. The number of nitrogens with two attached hydrogens (primary N) is 1. The number of carbonyl (C=O) groups is 2. The number of halogens is 2. The van der Waals surface area contributed by atoms with Gasteiger partial charge in [0, 0.05) is 24.6 Å². The number of nitrogens with one attached hydrogen (secondary N) is 1. The maximum absolute atomic E-state index is 14.9. The van der Waals surface area contributed by atoms with E-state index < -0.39 is 22.8 Å². The lowest BCUT2D eigenvalue weighted by molar-refractivity contribution is -0.131. The van der Waals surface area contributed by atoms with Crippen molar-refractivity contribution >= 4 is 35.0 Å². The van der Waals surface area contributed by atoms with Crippen molar-refractivity contribution < 1.29 is 28.5 Å². The summed E-state index contributed by atoms with van der Waals surface area (Å²) in [5.74, 6) is 0.489. The molecular weight excluding hydrogens is 629 g/mol. The molecule has 46 heavy (non-hydrogen) atoms. The summed E-state index contributed by atoms with van der Waals surface area (Å²) >= 11 is 13.1. The number of benzene rings is 3. The van der Waals surface area contributed by atoms with Crippen LogP contribution in [0.1, 0.15) is 53.6 Å². The third kappa shape index (κ3) is 5.42. The lowest BCUT2D eigenvalue weighted by Crippen LogP contribution is -2.70. The van der Waals surface area contributed by atoms with Crippen LogP contribution < -0.4 is 30.0 Å². The number of amides is 2. The van der Waals surface area contributed by atoms with Gasteiger partial charge in [-0.1, -0.05) is 48.3 Å². The predicted octanol–water partition coefficient (Wildman–Crippen LogP) is 5.84. The number of piperidine rings is 1. The summed E-state index contributed by atoms with van der Waals surface area (Å²) < 4.78 is 22.2. The van der Waals surface area contributed by atoms with Crippen molar-refractivity contribution in [3.63, 3.8) is 0 Å². The van der Waals surface area contributed by atoms with Gasteiger partial charge in [0.1, 0.15) is 5.75 Å². The van der Waals surface area contributed by atoms with E-state index in [1.54, 1.807) is 25.3 Å². The minimum absolute atomic E-state index is 0.0276. The van der Waals surface area contributed by atoms with E-state index in [-0.39, 0.29) is 24.8 Å². The molecule has 11 heteroatoms. The Morgan fingerprint density at radius 1 is 0.935 bits per heavy atom. The molecule has 2 heterocycles. The zero-order chi connectivity index (χ0) is 33.2. The second kappa shape index (κ2) is 13.6. The Morgan fingerprint density at radius 2 is 1.61 bits per heavy atom. The molecule has 2 amide bonds. The first kappa shape index (κ1) is 33.7. The van der Waals surface area contributed by atoms with Crippen LogP contribution in [-0.2, 0) is 10.2 Å². The highest BCUT2D eigenvalue weighted by Gasteiger charge is 2.64. The van der Waals surface area contributed by atoms with Gasteiger partial charge in [-0.05, 0) is 79.3 Å². The van der Waals surface area contributed by atoms with E-state index in [1.165, 1.54) is 21.3 Å². The van der Waals surface area contributed by atoms with E-state index in [9.17, 15) is 9.59 Å². The Hall–Kier alpha value is -3.66. The number of methoxy groups -OCH3 is 4. The van der Waals surface area contributed by atoms with E-state index in [4.69, 9.17) is 47.9 Å². The molecule has 0 aromatic heterocycles. The summed E-state index contributed by atoms with van der Waals surface area (Å²) in [6.45, 7) is 3.77. The molecule has 4 atom stereocenters. The van der Waals surface area contributed by atoms with Crippen LogP contribution in [0.2, 0.25) is 10.0 Å². The molecule has 0 aliphatic carbocycles. The van der Waals surface area contributed by atoms with Gasteiger partial charge in [0.25, 0.3) is 5.91 Å². The minimum atomic E-state index is -1.20. The topological polar surface area (TPSA) is 112 Å². The summed E-state index contributed by atoms with van der Waals surface area (Å²) in [7, 11) is 6.15. The summed E-state index contributed by atoms with van der Waals surface area (Å²) in [5.41, 5.74) is 6.34. The monoisotopic (exact) mass is 669 g/mol. The summed E-state index contributed by atoms with van der Waals surface area (Å²) in [4.78, 5) is 31.0. The smallest absolute Gasteiger partial charge is 0.254 e. The summed E-state index contributed by atoms with van der Waals surface area (Å²) in [5, 5.41) is 4.26. The van der Waals surface area contributed by atoms with E-state index >= 15 is 0 Å². The van der Waals surface area contributed by atoms with Crippen molar-refractivity contribution in [3.05, 3.63) is 81.3 Å². The van der Waals surface area contributed by atoms with Gasteiger partial charge < -0.3 is 34.9 Å². The number of rotatable bonds is 10. The van der Waals surface area contributed by atoms with Gasteiger partial charge in [-0.3, -0.25) is 9.59 Å². The predicted molar refractivity (Wildman–Crippen MR) is 179 cm³/mol. The molecule has 2 fully saturated rings. The SMILES string of the molecule is CCC1(C2CCNC2)C(c2ccc(Cl)c(Cl)c2)C(C(N)=O)(c2ccc(OC)cc2)CCN1C(=O)c1cc(OC)c(OC)c(OC)c1. The average molecular weight is 671 g/mol. The van der Waals surface area contributed by atoms with Crippen molar-refractivity contribution in [2.75, 3.05) is 48.1 Å². The van der Waals surface area contributed by atoms with Gasteiger partial charge in [-0.25, -0.2) is 0 Å². The average Bonchev–Trinajstić information content (AvgIpc) is 3.63. The van der Waals surface area contributed by atoms with E-state index in [2.05, 4.69) is 12.2 Å². The maximum Gasteiger partial charge on any atom is 0.254 e. The van der Waals surface area contributed by atoms with Crippen LogP contribution in [-0.4, -0.2) is 70.3 Å². The van der Waals surface area contributed by atoms with Crippen LogP contribution >= 0.6 is 23.2 Å². The minimum Gasteiger partial charge on any atom is -0.497 e. The second-order valence-electron chi connectivity index (χ2n) is 11.8. The van der Waals surface area contributed by atoms with Crippen molar-refractivity contribution in [3.8, 4) is 23.0 Å². The first-order chi connectivity index (χ1) is 22.1. The Labute approximate surface area is 280 Å². The van der Waals surface area contributed by atoms with E-state index in [0.717, 1.165) is 24.1 Å². The summed E-state index contributed by atoms with van der Waals surface area (Å²) in [6, 6.07) is 16.3. The second-order valence-corrected chi connectivity index (χ2v) is 12.6. The van der Waals surface area contributed by atoms with Crippen molar-refractivity contribution in [2.45, 2.75) is 43.1 Å². The molecular formula is C35H41Cl2N3O6. The molecule has 9 nitrogen and oxygen atoms in total. The molecule has 0 bridgehead atoms. The fourth-order valence-electron chi connectivity index (χ4n) is 7.97. The molecule has 0 spiro atoms. The van der Waals surface area contributed by atoms with Gasteiger partial charge in [0.05, 0.1) is 49.4 Å². The number of hydrogen-bond acceptors (Lipinski definition) is 7. The van der Waals surface area contributed by atoms with Crippen molar-refractivity contribution in [1.82, 2.24) is 10.2 Å². The van der Waals surface area contributed by atoms with Gasteiger partial charge in [0.2, 0.25) is 11.7 Å². The fourth-order valence-corrected chi connectivity index (χ4v) is 8.27. The third-order valence-electron chi connectivity index (χ3n) is 10.0. The van der Waals surface area contributed by atoms with Gasteiger partial charge in [-0.2, -0.15) is 0 Å². The van der Waals surface area contributed by atoms with E-state index in [1.807, 2.05) is 41.3 Å². The number of carbonyl (C=O) groups excluding carboxylic acids is 2. The van der Waals surface area contributed by atoms with Crippen LogP contribution in [0.3, 0.4) is 0 Å². The highest BCUT2D eigenvalue weighted by molar-refractivity contribution is 6.42. The highest BCUT2D eigenvalue weighted by Crippen LogP contribution is 2.59. The molecule has 5 rings (SSSR count). The first-order valence-corrected chi connectivity index (χ1v) is 16.1. The maximum atomic E-state index is 14.9. The van der Waals surface area contributed by atoms with Crippen LogP contribution in [0, 0.1) is 5.92 Å². The number of nitrogens with zero attached hydrogens (tertiary/aromatic N) is 1. The molecule has 3 aromatic rings. The number of hydrogen-bond donors (Lipinski definition) is 2. The number of primary amides is 1. The lowest BCUT2D eigenvalue weighted by Gasteiger charge is -2.61. The zero-order valence-electron chi connectivity index (χ0n) is 26.8. The van der Waals surface area contributed by atoms with Crippen LogP contribution in [0.5, 0.6) is 23.0 Å². The normalized spacial score (nSPS) is 24.4. The largest absolute Gasteiger partial charge is 0.497 e. The molecule has 0 saturated carbocycles. The Balaban J connectivity index is 1.81. The molecule has 0 radical (unpaired) electrons. The highest BCUT2D eigenvalue weighted by atomic mass is 35.5. The lowest BCUT2D eigenvalue weighted by atomic mass is 9.51. The molecule has 246 valence electrons. The zero-order valence-corrected chi connectivity index (χ0v) is 28.3. The molecule has 2 aliphatic heterocycles. The summed E-state index contributed by atoms with van der Waals surface area (Å²) in [6.07, 6.45) is 1.60. The van der Waals surface area contributed by atoms with Crippen LogP contribution in [0.15, 0.2) is 54.6 Å². The van der Waals surface area contributed by atoms with Crippen LogP contribution in [0.25, 0.3) is 0 Å². The Morgan fingerprint density at radius 3 is 2.11 bits per heavy atom. The molecule has 4 unspecified atom stereocenters.